The second-order valence-corrected chi connectivity index (χ2v) is 5.45. The van der Waals surface area contributed by atoms with Crippen LogP contribution < -0.4 is 10.2 Å². The van der Waals surface area contributed by atoms with Crippen molar-refractivity contribution in [3.8, 4) is 0 Å². The average Bonchev–Trinajstić information content (AvgIpc) is 2.78. The summed E-state index contributed by atoms with van der Waals surface area (Å²) < 4.78 is 1.88. The van der Waals surface area contributed by atoms with Crippen LogP contribution in [0.4, 0.5) is 5.82 Å². The van der Waals surface area contributed by atoms with E-state index in [9.17, 15) is 0 Å². The van der Waals surface area contributed by atoms with Crippen LogP contribution >= 0.6 is 0 Å². The van der Waals surface area contributed by atoms with Gasteiger partial charge in [-0.15, -0.1) is 5.10 Å². The Bertz CT molecular complexity index is 370. The van der Waals surface area contributed by atoms with Crippen LogP contribution in [0.1, 0.15) is 25.7 Å². The molecule has 1 N–H and O–H groups in total. The molecule has 0 aliphatic carbocycles. The van der Waals surface area contributed by atoms with E-state index in [-0.39, 0.29) is 0 Å². The first-order valence-corrected chi connectivity index (χ1v) is 6.60. The molecule has 17 heavy (non-hydrogen) atoms. The van der Waals surface area contributed by atoms with Crippen molar-refractivity contribution in [3.63, 3.8) is 0 Å². The number of rotatable bonds is 1. The molecule has 2 saturated heterocycles. The molecule has 1 aromatic rings. The Morgan fingerprint density at radius 2 is 1.88 bits per heavy atom. The predicted molar refractivity (Wildman–Crippen MR) is 67.0 cm³/mol. The minimum atomic E-state index is 0.619. The molecule has 0 radical (unpaired) electrons. The van der Waals surface area contributed by atoms with Gasteiger partial charge in [-0.2, -0.15) is 0 Å². The van der Waals surface area contributed by atoms with Crippen LogP contribution in [0.25, 0.3) is 0 Å². The van der Waals surface area contributed by atoms with E-state index in [0.717, 1.165) is 18.9 Å². The molecular weight excluding hydrogens is 214 g/mol. The summed E-state index contributed by atoms with van der Waals surface area (Å²) in [7, 11) is 1.97. The fourth-order valence-electron chi connectivity index (χ4n) is 3.24. The maximum atomic E-state index is 4.01. The van der Waals surface area contributed by atoms with Gasteiger partial charge in [-0.25, -0.2) is 4.68 Å². The summed E-state index contributed by atoms with van der Waals surface area (Å²) in [6, 6.07) is 0. The van der Waals surface area contributed by atoms with Gasteiger partial charge in [0.05, 0.1) is 6.20 Å². The van der Waals surface area contributed by atoms with Gasteiger partial charge in [-0.1, -0.05) is 5.21 Å². The molecule has 0 atom stereocenters. The second-order valence-electron chi connectivity index (χ2n) is 5.45. The van der Waals surface area contributed by atoms with Gasteiger partial charge in [0, 0.05) is 20.1 Å². The largest absolute Gasteiger partial charge is 0.355 e. The lowest BCUT2D eigenvalue weighted by molar-refractivity contribution is 0.154. The summed E-state index contributed by atoms with van der Waals surface area (Å²) >= 11 is 0. The van der Waals surface area contributed by atoms with Gasteiger partial charge in [-0.05, 0) is 44.2 Å². The van der Waals surface area contributed by atoms with Crippen LogP contribution in [-0.4, -0.2) is 41.2 Å². The van der Waals surface area contributed by atoms with E-state index in [1.54, 1.807) is 0 Å². The van der Waals surface area contributed by atoms with Crippen LogP contribution in [-0.2, 0) is 7.05 Å². The molecule has 2 fully saturated rings. The molecule has 5 nitrogen and oxygen atoms in total. The van der Waals surface area contributed by atoms with E-state index in [4.69, 9.17) is 0 Å². The fourth-order valence-corrected chi connectivity index (χ4v) is 3.24. The maximum Gasteiger partial charge on any atom is 0.147 e. The highest BCUT2D eigenvalue weighted by Crippen LogP contribution is 2.40. The topological polar surface area (TPSA) is 46.0 Å². The Morgan fingerprint density at radius 3 is 2.47 bits per heavy atom. The monoisotopic (exact) mass is 235 g/mol. The Kier molecular flexibility index (Phi) is 2.78. The summed E-state index contributed by atoms with van der Waals surface area (Å²) in [4.78, 5) is 2.42. The number of anilines is 1. The molecule has 0 unspecified atom stereocenters. The van der Waals surface area contributed by atoms with Crippen molar-refractivity contribution in [2.45, 2.75) is 25.7 Å². The van der Waals surface area contributed by atoms with Crippen LogP contribution in [0.3, 0.4) is 0 Å². The lowest BCUT2D eigenvalue weighted by Gasteiger charge is -2.44. The Morgan fingerprint density at radius 1 is 1.18 bits per heavy atom. The molecule has 0 amide bonds. The van der Waals surface area contributed by atoms with E-state index in [2.05, 4.69) is 20.5 Å². The van der Waals surface area contributed by atoms with Crippen LogP contribution in [0, 0.1) is 5.41 Å². The lowest BCUT2D eigenvalue weighted by atomic mass is 9.71. The third kappa shape index (κ3) is 2.04. The molecule has 0 aromatic carbocycles. The summed E-state index contributed by atoms with van der Waals surface area (Å²) in [5.74, 6) is 1.16. The molecule has 3 rings (SSSR count). The van der Waals surface area contributed by atoms with Crippen LogP contribution in [0.2, 0.25) is 0 Å². The SMILES string of the molecule is Cn1nncc1N1CCC2(CCNCC2)CC1. The summed E-state index contributed by atoms with van der Waals surface area (Å²) in [5, 5.41) is 11.4. The standard InChI is InChI=1S/C12H21N5/c1-16-11(10-14-15-16)17-8-4-12(5-9-17)2-6-13-7-3-12/h10,13H,2-9H2,1H3. The lowest BCUT2D eigenvalue weighted by Crippen LogP contribution is -2.46. The molecule has 5 heteroatoms. The highest BCUT2D eigenvalue weighted by atomic mass is 15.5. The Labute approximate surface area is 102 Å². The third-order valence-electron chi connectivity index (χ3n) is 4.50. The molecule has 0 bridgehead atoms. The highest BCUT2D eigenvalue weighted by molar-refractivity contribution is 5.36. The van der Waals surface area contributed by atoms with Crippen LogP contribution in [0.5, 0.6) is 0 Å². The molecule has 2 aliphatic heterocycles. The molecule has 3 heterocycles. The Hall–Kier alpha value is -1.10. The van der Waals surface area contributed by atoms with Gasteiger partial charge >= 0.3 is 0 Å². The van der Waals surface area contributed by atoms with E-state index in [0.29, 0.717) is 5.41 Å². The molecule has 1 aromatic heterocycles. The first-order valence-electron chi connectivity index (χ1n) is 6.60. The number of hydrogen-bond donors (Lipinski definition) is 1. The number of aromatic nitrogens is 3. The minimum absolute atomic E-state index is 0.619. The van der Waals surface area contributed by atoms with Gasteiger partial charge in [0.15, 0.2) is 0 Å². The summed E-state index contributed by atoms with van der Waals surface area (Å²) in [6.45, 7) is 4.71. The van der Waals surface area contributed by atoms with Crippen LogP contribution in [0.15, 0.2) is 6.20 Å². The Balaban J connectivity index is 1.66. The smallest absolute Gasteiger partial charge is 0.147 e. The zero-order valence-corrected chi connectivity index (χ0v) is 10.5. The van der Waals surface area contributed by atoms with Gasteiger partial charge in [0.25, 0.3) is 0 Å². The molecular formula is C12H21N5. The molecule has 1 spiro atoms. The molecule has 94 valence electrons. The maximum absolute atomic E-state index is 4.01. The summed E-state index contributed by atoms with van der Waals surface area (Å²) in [5.41, 5.74) is 0.619. The van der Waals surface area contributed by atoms with Crippen molar-refractivity contribution in [1.29, 1.82) is 0 Å². The number of hydrogen-bond acceptors (Lipinski definition) is 4. The molecule has 0 saturated carbocycles. The number of nitrogens with zero attached hydrogens (tertiary/aromatic N) is 4. The van der Waals surface area contributed by atoms with Crippen molar-refractivity contribution < 1.29 is 0 Å². The molecule has 2 aliphatic rings. The van der Waals surface area contributed by atoms with Crippen molar-refractivity contribution in [1.82, 2.24) is 20.3 Å². The quantitative estimate of drug-likeness (QED) is 0.781. The zero-order valence-electron chi connectivity index (χ0n) is 10.5. The number of nitrogens with one attached hydrogen (secondary N) is 1. The fraction of sp³-hybridized carbons (Fsp3) is 0.833. The van der Waals surface area contributed by atoms with Gasteiger partial charge < -0.3 is 10.2 Å². The van der Waals surface area contributed by atoms with Gasteiger partial charge in [0.2, 0.25) is 0 Å². The summed E-state index contributed by atoms with van der Waals surface area (Å²) in [6.07, 6.45) is 7.22. The van der Waals surface area contributed by atoms with E-state index < -0.39 is 0 Å². The van der Waals surface area contributed by atoms with Crippen molar-refractivity contribution in [2.24, 2.45) is 12.5 Å². The normalized spacial score (nSPS) is 24.2. The van der Waals surface area contributed by atoms with Gasteiger partial charge in [0.1, 0.15) is 5.82 Å². The van der Waals surface area contributed by atoms with E-state index >= 15 is 0 Å². The van der Waals surface area contributed by atoms with Crippen molar-refractivity contribution in [3.05, 3.63) is 6.20 Å². The minimum Gasteiger partial charge on any atom is -0.355 e. The number of aryl methyl sites for hydroxylation is 1. The zero-order chi connectivity index (χ0) is 11.7. The highest BCUT2D eigenvalue weighted by Gasteiger charge is 2.35. The predicted octanol–water partition coefficient (Wildman–Crippen LogP) is 0.785. The van der Waals surface area contributed by atoms with Crippen molar-refractivity contribution >= 4 is 5.82 Å². The second kappa shape index (κ2) is 4.29. The first-order chi connectivity index (χ1) is 8.29. The number of piperidine rings is 2. The first kappa shape index (κ1) is 11.0. The third-order valence-corrected chi connectivity index (χ3v) is 4.50. The van der Waals surface area contributed by atoms with Crippen molar-refractivity contribution in [2.75, 3.05) is 31.1 Å². The van der Waals surface area contributed by atoms with E-state index in [1.165, 1.54) is 38.8 Å². The average molecular weight is 235 g/mol. The van der Waals surface area contributed by atoms with Gasteiger partial charge in [-0.3, -0.25) is 0 Å². The van der Waals surface area contributed by atoms with E-state index in [1.807, 2.05) is 17.9 Å².